The maximum atomic E-state index is 14.5. The number of methoxy groups -OCH3 is 2. The number of amides is 3. The summed E-state index contributed by atoms with van der Waals surface area (Å²) < 4.78 is 25.4. The lowest BCUT2D eigenvalue weighted by molar-refractivity contribution is -0.130. The number of fused-ring (bicyclic) bond motifs is 1. The van der Waals surface area contributed by atoms with Gasteiger partial charge in [0, 0.05) is 11.3 Å². The molecule has 5 rings (SSSR count). The van der Waals surface area contributed by atoms with Gasteiger partial charge in [0.2, 0.25) is 0 Å². The molecule has 0 saturated carbocycles. The van der Waals surface area contributed by atoms with Crippen LogP contribution in [0, 0.1) is 12.7 Å². The molecule has 2 atom stereocenters. The summed E-state index contributed by atoms with van der Waals surface area (Å²) in [7, 11) is 2.89. The fourth-order valence-electron chi connectivity index (χ4n) is 4.74. The minimum atomic E-state index is -1.35. The van der Waals surface area contributed by atoms with Crippen molar-refractivity contribution in [3.63, 3.8) is 0 Å². The van der Waals surface area contributed by atoms with Crippen LogP contribution in [0.2, 0.25) is 20.1 Å². The molecule has 1 saturated heterocycles. The van der Waals surface area contributed by atoms with Crippen molar-refractivity contribution in [2.24, 2.45) is 0 Å². The highest BCUT2D eigenvalue weighted by molar-refractivity contribution is 6.55. The number of β-lactam (4-membered cyclic amide) rings is 1. The monoisotopic (exact) mass is 596 g/mol. The molecule has 2 aliphatic heterocycles. The van der Waals surface area contributed by atoms with Crippen LogP contribution in [-0.2, 0) is 4.79 Å². The molecule has 0 unspecified atom stereocenters. The molecule has 12 heteroatoms. The third-order valence-electron chi connectivity index (χ3n) is 6.67. The van der Waals surface area contributed by atoms with E-state index in [0.717, 1.165) is 4.90 Å². The van der Waals surface area contributed by atoms with E-state index in [0.29, 0.717) is 22.6 Å². The molecule has 3 aromatic rings. The Bertz CT molecular complexity index is 1520. The van der Waals surface area contributed by atoms with Gasteiger partial charge < -0.3 is 14.4 Å². The van der Waals surface area contributed by atoms with Crippen LogP contribution in [0.5, 0.6) is 11.5 Å². The van der Waals surface area contributed by atoms with Crippen molar-refractivity contribution in [1.82, 2.24) is 4.90 Å². The molecule has 196 valence electrons. The smallest absolute Gasteiger partial charge is 0.264 e. The molecule has 38 heavy (non-hydrogen) atoms. The molecular weight excluding hydrogens is 581 g/mol. The molecule has 0 spiro atoms. The molecule has 2 aliphatic rings. The molecule has 3 amide bonds. The summed E-state index contributed by atoms with van der Waals surface area (Å²) in [5.41, 5.74) is 0.525. The summed E-state index contributed by atoms with van der Waals surface area (Å²) in [5.74, 6) is -2.11. The Balaban J connectivity index is 1.69. The average molecular weight is 598 g/mol. The predicted molar refractivity (Wildman–Crippen MR) is 142 cm³/mol. The van der Waals surface area contributed by atoms with Crippen molar-refractivity contribution >= 4 is 69.8 Å². The summed E-state index contributed by atoms with van der Waals surface area (Å²) in [6.07, 6.45) is 0. The summed E-state index contributed by atoms with van der Waals surface area (Å²) in [5, 5.41) is -0.890. The first-order chi connectivity index (χ1) is 18.0. The van der Waals surface area contributed by atoms with E-state index in [1.165, 1.54) is 31.3 Å². The van der Waals surface area contributed by atoms with E-state index in [-0.39, 0.29) is 36.9 Å². The number of ether oxygens (including phenoxy) is 2. The van der Waals surface area contributed by atoms with E-state index in [1.807, 2.05) is 0 Å². The highest BCUT2D eigenvalue weighted by atomic mass is 35.5. The lowest BCUT2D eigenvalue weighted by atomic mass is 9.85. The molecular formula is C26H17Cl4FN2O5. The minimum Gasteiger partial charge on any atom is -0.497 e. The van der Waals surface area contributed by atoms with Crippen molar-refractivity contribution in [2.45, 2.75) is 19.0 Å². The topological polar surface area (TPSA) is 76.1 Å². The number of halogens is 5. The van der Waals surface area contributed by atoms with Crippen LogP contribution in [0.3, 0.4) is 0 Å². The van der Waals surface area contributed by atoms with Gasteiger partial charge in [-0.1, -0.05) is 52.5 Å². The first-order valence-electron chi connectivity index (χ1n) is 11.1. The number of imide groups is 1. The van der Waals surface area contributed by atoms with Gasteiger partial charge in [-0.25, -0.2) is 4.39 Å². The average Bonchev–Trinajstić information content (AvgIpc) is 3.16. The SMILES string of the molecule is COc1ccc(OC)c([C@@H]2[C@@H](N3C(=O)c4c(Cl)c(Cl)c(Cl)c(Cl)c4C3=O)C(=O)N2c2ccc(C)c(F)c2)c1. The van der Waals surface area contributed by atoms with Crippen LogP contribution in [0.1, 0.15) is 37.9 Å². The number of benzene rings is 3. The number of hydrogen-bond donors (Lipinski definition) is 0. The zero-order valence-corrected chi connectivity index (χ0v) is 23.0. The largest absolute Gasteiger partial charge is 0.497 e. The molecule has 0 aliphatic carbocycles. The maximum Gasteiger partial charge on any atom is 0.264 e. The first kappa shape index (κ1) is 26.6. The van der Waals surface area contributed by atoms with Crippen LogP contribution >= 0.6 is 46.4 Å². The summed E-state index contributed by atoms with van der Waals surface area (Å²) in [6.45, 7) is 1.59. The Kier molecular flexibility index (Phi) is 6.72. The number of aryl methyl sites for hydroxylation is 1. The number of rotatable bonds is 5. The minimum absolute atomic E-state index is 0.192. The van der Waals surface area contributed by atoms with Crippen LogP contribution in [0.15, 0.2) is 36.4 Å². The second-order valence-corrected chi connectivity index (χ2v) is 10.1. The third kappa shape index (κ3) is 3.73. The standard InChI is InChI=1S/C26H17Cl4FN2O5/c1-10-4-5-11(8-14(10)31)32-22(13-9-12(37-2)6-7-15(13)38-3)23(26(32)36)33-24(34)16-17(25(33)35)19(28)21(30)20(29)18(16)27/h4-9,22-23H,1-3H3/t22-,23-/m1/s1. The van der Waals surface area contributed by atoms with Gasteiger partial charge in [0.05, 0.1) is 51.5 Å². The van der Waals surface area contributed by atoms with E-state index in [2.05, 4.69) is 0 Å². The Morgan fingerprint density at radius 2 is 1.37 bits per heavy atom. The van der Waals surface area contributed by atoms with Gasteiger partial charge in [-0.2, -0.15) is 0 Å². The molecule has 2 heterocycles. The van der Waals surface area contributed by atoms with Gasteiger partial charge >= 0.3 is 0 Å². The second-order valence-electron chi connectivity index (χ2n) is 8.63. The molecule has 0 N–H and O–H groups in total. The van der Waals surface area contributed by atoms with E-state index < -0.39 is 35.6 Å². The van der Waals surface area contributed by atoms with Gasteiger partial charge in [-0.05, 0) is 42.8 Å². The number of carbonyl (C=O) groups excluding carboxylic acids is 3. The zero-order valence-electron chi connectivity index (χ0n) is 19.9. The third-order valence-corrected chi connectivity index (χ3v) is 8.47. The lowest BCUT2D eigenvalue weighted by Crippen LogP contribution is -2.67. The number of hydrogen-bond acceptors (Lipinski definition) is 5. The highest BCUT2D eigenvalue weighted by Gasteiger charge is 2.59. The van der Waals surface area contributed by atoms with Crippen LogP contribution in [0.4, 0.5) is 10.1 Å². The fourth-order valence-corrected chi connectivity index (χ4v) is 5.76. The number of anilines is 1. The van der Waals surface area contributed by atoms with Crippen molar-refractivity contribution in [2.75, 3.05) is 19.1 Å². The van der Waals surface area contributed by atoms with Crippen LogP contribution in [0.25, 0.3) is 0 Å². The molecule has 1 fully saturated rings. The van der Waals surface area contributed by atoms with Crippen molar-refractivity contribution < 1.29 is 28.2 Å². The molecule has 0 bridgehead atoms. The molecule has 3 aromatic carbocycles. The van der Waals surface area contributed by atoms with Crippen molar-refractivity contribution in [3.8, 4) is 11.5 Å². The Morgan fingerprint density at radius 1 is 0.763 bits per heavy atom. The fraction of sp³-hybridized carbons (Fsp3) is 0.192. The van der Waals surface area contributed by atoms with E-state index in [4.69, 9.17) is 55.9 Å². The molecule has 0 radical (unpaired) electrons. The van der Waals surface area contributed by atoms with Crippen LogP contribution in [-0.4, -0.2) is 42.9 Å². The summed E-state index contributed by atoms with van der Waals surface area (Å²) in [6, 6.07) is 6.87. The van der Waals surface area contributed by atoms with E-state index in [9.17, 15) is 18.8 Å². The van der Waals surface area contributed by atoms with Gasteiger partial charge in [0.1, 0.15) is 23.4 Å². The molecule has 7 nitrogen and oxygen atoms in total. The highest BCUT2D eigenvalue weighted by Crippen LogP contribution is 2.50. The number of nitrogens with zero attached hydrogens (tertiary/aromatic N) is 2. The van der Waals surface area contributed by atoms with Gasteiger partial charge in [-0.15, -0.1) is 0 Å². The van der Waals surface area contributed by atoms with Gasteiger partial charge in [0.25, 0.3) is 17.7 Å². The van der Waals surface area contributed by atoms with Crippen molar-refractivity contribution in [3.05, 3.63) is 84.6 Å². The quantitative estimate of drug-likeness (QED) is 0.145. The predicted octanol–water partition coefficient (Wildman–Crippen LogP) is 6.52. The second kappa shape index (κ2) is 9.61. The zero-order chi connectivity index (χ0) is 27.6. The van der Waals surface area contributed by atoms with Crippen molar-refractivity contribution in [1.29, 1.82) is 0 Å². The normalized spacial score (nSPS) is 18.6. The van der Waals surface area contributed by atoms with E-state index >= 15 is 0 Å². The van der Waals surface area contributed by atoms with Crippen LogP contribution < -0.4 is 14.4 Å². The first-order valence-corrected chi connectivity index (χ1v) is 12.6. The summed E-state index contributed by atoms with van der Waals surface area (Å²) in [4.78, 5) is 43.0. The van der Waals surface area contributed by atoms with Gasteiger partial charge in [-0.3, -0.25) is 19.3 Å². The van der Waals surface area contributed by atoms with Gasteiger partial charge in [0.15, 0.2) is 0 Å². The summed E-state index contributed by atoms with van der Waals surface area (Å²) >= 11 is 24.9. The van der Waals surface area contributed by atoms with E-state index in [1.54, 1.807) is 31.2 Å². The molecule has 0 aromatic heterocycles. The Labute approximate surface area is 236 Å². The number of carbonyl (C=O) groups is 3. The Morgan fingerprint density at radius 3 is 1.89 bits per heavy atom. The maximum absolute atomic E-state index is 14.5. The lowest BCUT2D eigenvalue weighted by Gasteiger charge is -2.50. The Hall–Kier alpha value is -3.04.